The summed E-state index contributed by atoms with van der Waals surface area (Å²) in [5.41, 5.74) is 1.75. The molecule has 1 aliphatic rings. The van der Waals surface area contributed by atoms with Crippen LogP contribution in [0.1, 0.15) is 45.6 Å². The van der Waals surface area contributed by atoms with Crippen molar-refractivity contribution in [2.75, 3.05) is 18.4 Å². The zero-order chi connectivity index (χ0) is 19.4. The Morgan fingerprint density at radius 2 is 1.58 bits per heavy atom. The van der Waals surface area contributed by atoms with Gasteiger partial charge in [0.15, 0.2) is 0 Å². The van der Waals surface area contributed by atoms with Crippen molar-refractivity contribution in [1.29, 1.82) is 0 Å². The Morgan fingerprint density at radius 3 is 2.12 bits per heavy atom. The van der Waals surface area contributed by atoms with Crippen molar-refractivity contribution in [3.63, 3.8) is 0 Å². The Kier molecular flexibility index (Phi) is 6.13. The molecule has 1 aliphatic heterocycles. The van der Waals surface area contributed by atoms with Crippen molar-refractivity contribution in [2.24, 2.45) is 5.92 Å². The van der Waals surface area contributed by atoms with Crippen molar-refractivity contribution >= 4 is 29.4 Å². The van der Waals surface area contributed by atoms with Crippen LogP contribution in [0.15, 0.2) is 24.3 Å². The molecule has 0 bridgehead atoms. The highest BCUT2D eigenvalue weighted by Crippen LogP contribution is 2.20. The van der Waals surface area contributed by atoms with Gasteiger partial charge in [0.1, 0.15) is 6.54 Å². The SMILES string of the molecule is CC[C@H](C)c1ccc(NC(=O)CN2C(=O)C(=O)N(CC(C)C)C2=O)cc1. The van der Waals surface area contributed by atoms with E-state index >= 15 is 0 Å². The van der Waals surface area contributed by atoms with Crippen molar-refractivity contribution in [1.82, 2.24) is 9.80 Å². The molecule has 1 N–H and O–H groups in total. The number of anilines is 1. The van der Waals surface area contributed by atoms with E-state index < -0.39 is 30.3 Å². The molecular weight excluding hydrogens is 334 g/mol. The molecule has 1 fully saturated rings. The van der Waals surface area contributed by atoms with Crippen LogP contribution in [-0.4, -0.2) is 46.6 Å². The highest BCUT2D eigenvalue weighted by Gasteiger charge is 2.45. The standard InChI is InChI=1S/C19H25N3O4/c1-5-13(4)14-6-8-15(9-7-14)20-16(23)11-22-18(25)17(24)21(19(22)26)10-12(2)3/h6-9,12-13H,5,10-11H2,1-4H3,(H,20,23)/t13-/m0/s1. The maximum absolute atomic E-state index is 12.2. The zero-order valence-corrected chi connectivity index (χ0v) is 15.6. The Labute approximate surface area is 153 Å². The van der Waals surface area contributed by atoms with Gasteiger partial charge in [-0.05, 0) is 36.0 Å². The van der Waals surface area contributed by atoms with Gasteiger partial charge in [-0.3, -0.25) is 19.3 Å². The number of imide groups is 2. The van der Waals surface area contributed by atoms with Crippen LogP contribution in [0.25, 0.3) is 0 Å². The van der Waals surface area contributed by atoms with Gasteiger partial charge >= 0.3 is 17.8 Å². The summed E-state index contributed by atoms with van der Waals surface area (Å²) in [7, 11) is 0. The molecule has 0 unspecified atom stereocenters. The third kappa shape index (κ3) is 4.28. The molecule has 0 aliphatic carbocycles. The maximum atomic E-state index is 12.2. The largest absolute Gasteiger partial charge is 0.334 e. The fourth-order valence-electron chi connectivity index (χ4n) is 2.69. The molecule has 0 spiro atoms. The van der Waals surface area contributed by atoms with Crippen LogP contribution in [0.3, 0.4) is 0 Å². The number of benzene rings is 1. The van der Waals surface area contributed by atoms with Gasteiger partial charge in [-0.1, -0.05) is 39.8 Å². The first-order chi connectivity index (χ1) is 12.2. The van der Waals surface area contributed by atoms with E-state index in [9.17, 15) is 19.2 Å². The van der Waals surface area contributed by atoms with Crippen LogP contribution in [0, 0.1) is 5.92 Å². The van der Waals surface area contributed by atoms with Gasteiger partial charge in [-0.25, -0.2) is 9.69 Å². The number of carbonyl (C=O) groups excluding carboxylic acids is 4. The summed E-state index contributed by atoms with van der Waals surface area (Å²) in [5, 5.41) is 2.65. The maximum Gasteiger partial charge on any atom is 0.334 e. The molecule has 1 aromatic rings. The van der Waals surface area contributed by atoms with Crippen LogP contribution in [0.2, 0.25) is 0 Å². The van der Waals surface area contributed by atoms with Crippen LogP contribution in [0.5, 0.6) is 0 Å². The van der Waals surface area contributed by atoms with Crippen LogP contribution >= 0.6 is 0 Å². The fourth-order valence-corrected chi connectivity index (χ4v) is 2.69. The Hall–Kier alpha value is -2.70. The molecule has 0 radical (unpaired) electrons. The lowest BCUT2D eigenvalue weighted by atomic mass is 9.99. The molecule has 2 rings (SSSR count). The number of urea groups is 1. The predicted molar refractivity (Wildman–Crippen MR) is 97.4 cm³/mol. The monoisotopic (exact) mass is 359 g/mol. The topological polar surface area (TPSA) is 86.8 Å². The number of carbonyl (C=O) groups is 4. The van der Waals surface area contributed by atoms with E-state index in [1.165, 1.54) is 5.56 Å². The molecule has 26 heavy (non-hydrogen) atoms. The molecule has 7 heteroatoms. The van der Waals surface area contributed by atoms with Gasteiger partial charge < -0.3 is 5.32 Å². The fraction of sp³-hybridized carbons (Fsp3) is 0.474. The molecule has 1 atom stereocenters. The molecule has 0 aromatic heterocycles. The summed E-state index contributed by atoms with van der Waals surface area (Å²) >= 11 is 0. The predicted octanol–water partition coefficient (Wildman–Crippen LogP) is 2.59. The highest BCUT2D eigenvalue weighted by molar-refractivity contribution is 6.45. The number of amides is 5. The zero-order valence-electron chi connectivity index (χ0n) is 15.6. The summed E-state index contributed by atoms with van der Waals surface area (Å²) in [5.74, 6) is -1.90. The highest BCUT2D eigenvalue weighted by atomic mass is 16.2. The first-order valence-corrected chi connectivity index (χ1v) is 8.81. The summed E-state index contributed by atoms with van der Waals surface area (Å²) < 4.78 is 0. The Bertz CT molecular complexity index is 712. The van der Waals surface area contributed by atoms with E-state index in [1.807, 2.05) is 26.0 Å². The van der Waals surface area contributed by atoms with Crippen molar-refractivity contribution < 1.29 is 19.2 Å². The summed E-state index contributed by atoms with van der Waals surface area (Å²) in [4.78, 5) is 49.9. The number of hydrogen-bond acceptors (Lipinski definition) is 4. The van der Waals surface area contributed by atoms with E-state index in [-0.39, 0.29) is 12.5 Å². The Balaban J connectivity index is 2.00. The smallest absolute Gasteiger partial charge is 0.325 e. The van der Waals surface area contributed by atoms with E-state index in [0.29, 0.717) is 16.5 Å². The van der Waals surface area contributed by atoms with Gasteiger partial charge in [-0.15, -0.1) is 0 Å². The normalized spacial score (nSPS) is 15.8. The van der Waals surface area contributed by atoms with Gasteiger partial charge in [0.2, 0.25) is 5.91 Å². The summed E-state index contributed by atoms with van der Waals surface area (Å²) in [6.07, 6.45) is 1.02. The van der Waals surface area contributed by atoms with Crippen molar-refractivity contribution in [3.05, 3.63) is 29.8 Å². The Morgan fingerprint density at radius 1 is 1.00 bits per heavy atom. The van der Waals surface area contributed by atoms with Gasteiger partial charge in [0.25, 0.3) is 0 Å². The third-order valence-electron chi connectivity index (χ3n) is 4.36. The van der Waals surface area contributed by atoms with Gasteiger partial charge in [0.05, 0.1) is 0 Å². The van der Waals surface area contributed by atoms with Gasteiger partial charge in [-0.2, -0.15) is 0 Å². The average molecular weight is 359 g/mol. The second kappa shape index (κ2) is 8.12. The molecule has 7 nitrogen and oxygen atoms in total. The van der Waals surface area contributed by atoms with E-state index in [2.05, 4.69) is 19.2 Å². The molecule has 0 saturated carbocycles. The lowest BCUT2D eigenvalue weighted by molar-refractivity contribution is -0.143. The lowest BCUT2D eigenvalue weighted by Gasteiger charge is -2.17. The minimum Gasteiger partial charge on any atom is -0.325 e. The number of nitrogens with one attached hydrogen (secondary N) is 1. The first-order valence-electron chi connectivity index (χ1n) is 8.81. The first kappa shape index (κ1) is 19.6. The van der Waals surface area contributed by atoms with Crippen LogP contribution in [0.4, 0.5) is 10.5 Å². The van der Waals surface area contributed by atoms with E-state index in [0.717, 1.165) is 11.3 Å². The molecule has 1 heterocycles. The molecule has 5 amide bonds. The second-order valence-corrected chi connectivity index (χ2v) is 6.96. The average Bonchev–Trinajstić information content (AvgIpc) is 2.79. The quantitative estimate of drug-likeness (QED) is 0.599. The molecule has 1 aromatic carbocycles. The van der Waals surface area contributed by atoms with Crippen molar-refractivity contribution in [2.45, 2.75) is 40.0 Å². The van der Waals surface area contributed by atoms with Crippen LogP contribution in [-0.2, 0) is 14.4 Å². The lowest BCUT2D eigenvalue weighted by Crippen LogP contribution is -2.39. The minimum atomic E-state index is -0.960. The van der Waals surface area contributed by atoms with Crippen molar-refractivity contribution in [3.8, 4) is 0 Å². The minimum absolute atomic E-state index is 0.0357. The number of hydrogen-bond donors (Lipinski definition) is 1. The molecule has 140 valence electrons. The molecule has 1 saturated heterocycles. The number of nitrogens with zero attached hydrogens (tertiary/aromatic N) is 2. The van der Waals surface area contributed by atoms with E-state index in [4.69, 9.17) is 0 Å². The third-order valence-corrected chi connectivity index (χ3v) is 4.36. The molecular formula is C19H25N3O4. The van der Waals surface area contributed by atoms with Crippen LogP contribution < -0.4 is 5.32 Å². The number of rotatable bonds is 7. The van der Waals surface area contributed by atoms with Gasteiger partial charge in [0, 0.05) is 12.2 Å². The summed E-state index contributed by atoms with van der Waals surface area (Å²) in [6, 6.07) is 6.69. The summed E-state index contributed by atoms with van der Waals surface area (Å²) in [6.45, 7) is 7.57. The second-order valence-electron chi connectivity index (χ2n) is 6.96. The van der Waals surface area contributed by atoms with E-state index in [1.54, 1.807) is 12.1 Å².